The number of carbonyl (C=O) groups is 2. The number of likely N-dealkylation sites (N-methyl/N-ethyl adjacent to an activating group) is 1. The van der Waals surface area contributed by atoms with Crippen molar-refractivity contribution in [1.82, 2.24) is 14.8 Å². The second-order valence-electron chi connectivity index (χ2n) is 7.98. The summed E-state index contributed by atoms with van der Waals surface area (Å²) in [5.41, 5.74) is 1.19. The summed E-state index contributed by atoms with van der Waals surface area (Å²) in [5, 5.41) is 2.95. The molecule has 1 N–H and O–H groups in total. The molecule has 1 atom stereocenters. The minimum atomic E-state index is -0.552. The van der Waals surface area contributed by atoms with Gasteiger partial charge in [-0.3, -0.25) is 4.79 Å². The van der Waals surface area contributed by atoms with Crippen molar-refractivity contribution in [3.8, 4) is 0 Å². The van der Waals surface area contributed by atoms with Crippen LogP contribution in [0.25, 0.3) is 0 Å². The lowest BCUT2D eigenvalue weighted by molar-refractivity contribution is 0.0215. The third kappa shape index (κ3) is 6.44. The summed E-state index contributed by atoms with van der Waals surface area (Å²) < 4.78 is 7.30. The molecule has 1 aromatic carbocycles. The zero-order valence-corrected chi connectivity index (χ0v) is 17.4. The van der Waals surface area contributed by atoms with Crippen molar-refractivity contribution in [1.29, 1.82) is 0 Å². The van der Waals surface area contributed by atoms with Crippen LogP contribution < -0.4 is 5.32 Å². The predicted octanol–water partition coefficient (Wildman–Crippen LogP) is 3.87. The zero-order valence-electron chi connectivity index (χ0n) is 17.4. The number of hydrogen-bond donors (Lipinski definition) is 1. The van der Waals surface area contributed by atoms with Gasteiger partial charge in [0.1, 0.15) is 11.3 Å². The minimum absolute atomic E-state index is 0. The molecule has 0 fully saturated rings. The van der Waals surface area contributed by atoms with Gasteiger partial charge in [-0.15, -0.1) is 0 Å². The molecule has 0 bridgehead atoms. The molecule has 0 saturated carbocycles. The Labute approximate surface area is 169 Å². The van der Waals surface area contributed by atoms with Gasteiger partial charge in [-0.25, -0.2) is 4.79 Å². The largest absolute Gasteiger partial charge is 0.444 e. The van der Waals surface area contributed by atoms with E-state index in [2.05, 4.69) is 5.32 Å². The summed E-state index contributed by atoms with van der Waals surface area (Å²) in [7, 11) is 3.59. The molecule has 6 nitrogen and oxygen atoms in total. The van der Waals surface area contributed by atoms with Crippen molar-refractivity contribution in [2.45, 2.75) is 45.3 Å². The van der Waals surface area contributed by atoms with Gasteiger partial charge >= 0.3 is 6.09 Å². The Morgan fingerprint density at radius 3 is 2.43 bits per heavy atom. The fraction of sp³-hybridized carbons (Fsp3) is 0.455. The van der Waals surface area contributed by atoms with Crippen LogP contribution in [0.2, 0.25) is 0 Å². The second-order valence-corrected chi connectivity index (χ2v) is 7.98. The van der Waals surface area contributed by atoms with Crippen LogP contribution in [-0.4, -0.2) is 46.7 Å². The first-order valence-electron chi connectivity index (χ1n) is 9.56. The number of rotatable bonds is 7. The number of carbonyl (C=O) groups excluding carboxylic acids is 2. The Balaban J connectivity index is 0.00000420. The summed E-state index contributed by atoms with van der Waals surface area (Å²) >= 11 is 0. The predicted molar refractivity (Wildman–Crippen MR) is 112 cm³/mol. The Bertz CT molecular complexity index is 784. The lowest BCUT2D eigenvalue weighted by Crippen LogP contribution is -2.43. The van der Waals surface area contributed by atoms with Gasteiger partial charge in [0.15, 0.2) is 0 Å². The van der Waals surface area contributed by atoms with E-state index in [1.165, 1.54) is 0 Å². The molecule has 0 aliphatic heterocycles. The van der Waals surface area contributed by atoms with Gasteiger partial charge in [-0.1, -0.05) is 30.3 Å². The Morgan fingerprint density at radius 1 is 1.18 bits per heavy atom. The molecule has 0 aliphatic rings. The summed E-state index contributed by atoms with van der Waals surface area (Å²) in [6, 6.07) is 13.5. The summed E-state index contributed by atoms with van der Waals surface area (Å²) in [5.74, 6) is -0.120. The molecule has 1 heterocycles. The van der Waals surface area contributed by atoms with Crippen molar-refractivity contribution in [3.05, 3.63) is 59.9 Å². The molecule has 0 unspecified atom stereocenters. The van der Waals surface area contributed by atoms with E-state index in [4.69, 9.17) is 4.74 Å². The number of amides is 2. The number of hydrogen-bond acceptors (Lipinski definition) is 3. The Kier molecular flexibility index (Phi) is 7.26. The van der Waals surface area contributed by atoms with Crippen LogP contribution in [0.1, 0.15) is 44.7 Å². The molecule has 0 aliphatic carbocycles. The third-order valence-corrected chi connectivity index (χ3v) is 4.48. The first-order valence-corrected chi connectivity index (χ1v) is 9.56. The quantitative estimate of drug-likeness (QED) is 0.784. The van der Waals surface area contributed by atoms with Crippen LogP contribution in [0.5, 0.6) is 0 Å². The number of aryl methyl sites for hydroxylation is 1. The second kappa shape index (κ2) is 9.44. The van der Waals surface area contributed by atoms with Crippen molar-refractivity contribution in [3.63, 3.8) is 0 Å². The lowest BCUT2D eigenvalue weighted by Gasteiger charge is -2.31. The smallest absolute Gasteiger partial charge is 0.410 e. The maximum atomic E-state index is 12.5. The van der Waals surface area contributed by atoms with E-state index in [-0.39, 0.29) is 19.5 Å². The zero-order chi connectivity index (χ0) is 20.7. The molecule has 154 valence electrons. The summed E-state index contributed by atoms with van der Waals surface area (Å²) in [6.45, 7) is 6.02. The molecule has 0 saturated heterocycles. The van der Waals surface area contributed by atoms with Gasteiger partial charge < -0.3 is 19.5 Å². The SMILES string of the molecule is CN(C(=O)OC(C)(C)C)[C@H](CCNC(=O)c1cccn1C)Cc1ccccc1.[HH]. The van der Waals surface area contributed by atoms with Crippen LogP contribution in [0.3, 0.4) is 0 Å². The number of benzene rings is 1. The maximum absolute atomic E-state index is 12.5. The van der Waals surface area contributed by atoms with Crippen molar-refractivity contribution < 1.29 is 15.8 Å². The van der Waals surface area contributed by atoms with Gasteiger partial charge in [-0.2, -0.15) is 0 Å². The Morgan fingerprint density at radius 2 is 1.86 bits per heavy atom. The van der Waals surface area contributed by atoms with Gasteiger partial charge in [0.2, 0.25) is 0 Å². The molecular formula is C22H33N3O3. The topological polar surface area (TPSA) is 63.6 Å². The molecule has 1 aromatic heterocycles. The third-order valence-electron chi connectivity index (χ3n) is 4.48. The molecule has 2 aromatic rings. The van der Waals surface area contributed by atoms with E-state index in [1.54, 1.807) is 22.6 Å². The number of aromatic nitrogens is 1. The average Bonchev–Trinajstić information content (AvgIpc) is 3.05. The average molecular weight is 388 g/mol. The fourth-order valence-corrected chi connectivity index (χ4v) is 2.94. The van der Waals surface area contributed by atoms with Gasteiger partial charge in [0.05, 0.1) is 0 Å². The number of nitrogens with zero attached hydrogens (tertiary/aromatic N) is 2. The van der Waals surface area contributed by atoms with E-state index in [1.807, 2.05) is 70.4 Å². The molecule has 2 rings (SSSR count). The van der Waals surface area contributed by atoms with Gasteiger partial charge in [0, 0.05) is 34.3 Å². The van der Waals surface area contributed by atoms with Crippen LogP contribution >= 0.6 is 0 Å². The van der Waals surface area contributed by atoms with E-state index in [0.29, 0.717) is 25.1 Å². The summed E-state index contributed by atoms with van der Waals surface area (Å²) in [6.07, 6.45) is 2.79. The highest BCUT2D eigenvalue weighted by atomic mass is 16.6. The molecule has 0 radical (unpaired) electrons. The normalized spacial score (nSPS) is 12.3. The van der Waals surface area contributed by atoms with Gasteiger partial charge in [0.25, 0.3) is 5.91 Å². The first-order chi connectivity index (χ1) is 13.2. The standard InChI is InChI=1S/C22H31N3O3.H2/c1-22(2,3)28-21(27)25(5)18(16-17-10-7-6-8-11-17)13-14-23-20(26)19-12-9-15-24(19)4;/h6-12,15,18H,13-14,16H2,1-5H3,(H,23,26);1H/t18-;/m1./s1. The highest BCUT2D eigenvalue weighted by Gasteiger charge is 2.25. The highest BCUT2D eigenvalue weighted by Crippen LogP contribution is 2.15. The number of nitrogens with one attached hydrogen (secondary N) is 1. The molecule has 28 heavy (non-hydrogen) atoms. The molecule has 0 spiro atoms. The Hall–Kier alpha value is -2.76. The molecule has 6 heteroatoms. The van der Waals surface area contributed by atoms with E-state index in [9.17, 15) is 9.59 Å². The summed E-state index contributed by atoms with van der Waals surface area (Å²) in [4.78, 5) is 26.5. The van der Waals surface area contributed by atoms with Crippen LogP contribution in [-0.2, 0) is 18.2 Å². The maximum Gasteiger partial charge on any atom is 0.410 e. The highest BCUT2D eigenvalue weighted by molar-refractivity contribution is 5.92. The molecular weight excluding hydrogens is 354 g/mol. The van der Waals surface area contributed by atoms with E-state index < -0.39 is 5.60 Å². The lowest BCUT2D eigenvalue weighted by atomic mass is 10.0. The van der Waals surface area contributed by atoms with E-state index in [0.717, 1.165) is 5.56 Å². The molecule has 2 amide bonds. The van der Waals surface area contributed by atoms with E-state index >= 15 is 0 Å². The van der Waals surface area contributed by atoms with Crippen LogP contribution in [0.15, 0.2) is 48.7 Å². The minimum Gasteiger partial charge on any atom is -0.444 e. The monoisotopic (exact) mass is 387 g/mol. The van der Waals surface area contributed by atoms with Crippen LogP contribution in [0, 0.1) is 0 Å². The van der Waals surface area contributed by atoms with Crippen molar-refractivity contribution in [2.24, 2.45) is 7.05 Å². The first kappa shape index (κ1) is 21.5. The van der Waals surface area contributed by atoms with Gasteiger partial charge in [-0.05, 0) is 51.3 Å². The van der Waals surface area contributed by atoms with Crippen molar-refractivity contribution >= 4 is 12.0 Å². The van der Waals surface area contributed by atoms with Crippen molar-refractivity contribution in [2.75, 3.05) is 13.6 Å². The number of ether oxygens (including phenoxy) is 1. The van der Waals surface area contributed by atoms with Crippen LogP contribution in [0.4, 0.5) is 4.79 Å². The fourth-order valence-electron chi connectivity index (χ4n) is 2.94.